The highest BCUT2D eigenvalue weighted by molar-refractivity contribution is 6.04. The minimum Gasteiger partial charge on any atom is -0.383 e. The van der Waals surface area contributed by atoms with Gasteiger partial charge in [-0.05, 0) is 12.1 Å². The third-order valence-corrected chi connectivity index (χ3v) is 3.49. The second kappa shape index (κ2) is 8.39. The van der Waals surface area contributed by atoms with Gasteiger partial charge in [0.1, 0.15) is 5.82 Å². The molecule has 2 amide bonds. The third-order valence-electron chi connectivity index (χ3n) is 3.49. The van der Waals surface area contributed by atoms with Gasteiger partial charge in [0.25, 0.3) is 5.91 Å². The highest BCUT2D eigenvalue weighted by atomic mass is 19.1. The molecule has 1 heterocycles. The van der Waals surface area contributed by atoms with Gasteiger partial charge in [-0.2, -0.15) is 0 Å². The Balaban J connectivity index is 1.85. The number of hydrogen-bond donors (Lipinski definition) is 1. The zero-order valence-corrected chi connectivity index (χ0v) is 13.6. The topological polar surface area (TPSA) is 80.2 Å². The lowest BCUT2D eigenvalue weighted by molar-refractivity contribution is -0.143. The number of benzene rings is 1. The van der Waals surface area contributed by atoms with E-state index >= 15 is 0 Å². The quantitative estimate of drug-likeness (QED) is 0.737. The summed E-state index contributed by atoms with van der Waals surface area (Å²) in [4.78, 5) is 30.4. The normalized spacial score (nSPS) is 16.3. The molecule has 0 aliphatic carbocycles. The van der Waals surface area contributed by atoms with Crippen LogP contribution in [0.15, 0.2) is 29.4 Å². The molecule has 7 nitrogen and oxygen atoms in total. The van der Waals surface area contributed by atoms with E-state index in [4.69, 9.17) is 9.57 Å². The van der Waals surface area contributed by atoms with Gasteiger partial charge in [0, 0.05) is 32.7 Å². The molecule has 130 valence electrons. The molecule has 0 bridgehead atoms. The fourth-order valence-electron chi connectivity index (χ4n) is 2.24. The fourth-order valence-corrected chi connectivity index (χ4v) is 2.24. The second-order valence-electron chi connectivity index (χ2n) is 5.38. The zero-order chi connectivity index (χ0) is 17.5. The number of nitrogens with zero attached hydrogens (tertiary/aromatic N) is 2. The van der Waals surface area contributed by atoms with Gasteiger partial charge >= 0.3 is 0 Å². The highest BCUT2D eigenvalue weighted by Gasteiger charge is 2.31. The van der Waals surface area contributed by atoms with Gasteiger partial charge in [-0.25, -0.2) is 4.39 Å². The van der Waals surface area contributed by atoms with Crippen molar-refractivity contribution in [1.82, 2.24) is 10.2 Å². The largest absolute Gasteiger partial charge is 0.383 e. The maximum atomic E-state index is 13.3. The predicted molar refractivity (Wildman–Crippen MR) is 84.9 cm³/mol. The molecular formula is C16H20FN3O4. The molecule has 1 N–H and O–H groups in total. The number of amides is 2. The molecule has 0 fully saturated rings. The second-order valence-corrected chi connectivity index (χ2v) is 5.38. The Morgan fingerprint density at radius 1 is 1.50 bits per heavy atom. The Morgan fingerprint density at radius 3 is 3.00 bits per heavy atom. The van der Waals surface area contributed by atoms with Crippen LogP contribution in [0.3, 0.4) is 0 Å². The standard InChI is InChI=1S/C16H20FN3O4/c1-20(10-15(21)18-6-7-23-2)16(22)14-9-13(19-24-14)11-4-3-5-12(17)8-11/h3-5,8,14H,6-7,9-10H2,1-2H3,(H,18,21). The number of hydrogen-bond acceptors (Lipinski definition) is 5. The highest BCUT2D eigenvalue weighted by Crippen LogP contribution is 2.18. The van der Waals surface area contributed by atoms with Crippen molar-refractivity contribution in [3.63, 3.8) is 0 Å². The van der Waals surface area contributed by atoms with Crippen molar-refractivity contribution in [2.24, 2.45) is 5.16 Å². The van der Waals surface area contributed by atoms with Crippen molar-refractivity contribution < 1.29 is 23.6 Å². The van der Waals surface area contributed by atoms with Crippen molar-refractivity contribution in [3.05, 3.63) is 35.6 Å². The van der Waals surface area contributed by atoms with Crippen LogP contribution in [0.1, 0.15) is 12.0 Å². The smallest absolute Gasteiger partial charge is 0.267 e. The molecule has 0 spiro atoms. The SMILES string of the molecule is COCCNC(=O)CN(C)C(=O)C1CC(c2cccc(F)c2)=NO1. The third kappa shape index (κ3) is 4.76. The lowest BCUT2D eigenvalue weighted by atomic mass is 10.0. The first kappa shape index (κ1) is 17.9. The Labute approximate surface area is 139 Å². The Hall–Kier alpha value is -2.48. The van der Waals surface area contributed by atoms with Crippen LogP contribution in [0.25, 0.3) is 0 Å². The van der Waals surface area contributed by atoms with Crippen molar-refractivity contribution in [3.8, 4) is 0 Å². The maximum absolute atomic E-state index is 13.3. The van der Waals surface area contributed by atoms with Crippen LogP contribution in [0, 0.1) is 5.82 Å². The Morgan fingerprint density at radius 2 is 2.29 bits per heavy atom. The molecule has 8 heteroatoms. The number of nitrogens with one attached hydrogen (secondary N) is 1. The number of carbonyl (C=O) groups excluding carboxylic acids is 2. The van der Waals surface area contributed by atoms with E-state index in [1.54, 1.807) is 12.1 Å². The monoisotopic (exact) mass is 337 g/mol. The van der Waals surface area contributed by atoms with Crippen molar-refractivity contribution in [2.75, 3.05) is 33.9 Å². The van der Waals surface area contributed by atoms with Crippen LogP contribution in [0.2, 0.25) is 0 Å². The van der Waals surface area contributed by atoms with Gasteiger partial charge in [0.05, 0.1) is 18.9 Å². The van der Waals surface area contributed by atoms with Gasteiger partial charge in [-0.3, -0.25) is 9.59 Å². The molecule has 1 unspecified atom stereocenters. The molecule has 24 heavy (non-hydrogen) atoms. The number of oxime groups is 1. The van der Waals surface area contributed by atoms with Gasteiger partial charge in [-0.15, -0.1) is 0 Å². The van der Waals surface area contributed by atoms with Crippen LogP contribution < -0.4 is 5.32 Å². The fraction of sp³-hybridized carbons (Fsp3) is 0.438. The molecule has 2 rings (SSSR count). The van der Waals surface area contributed by atoms with E-state index < -0.39 is 6.10 Å². The van der Waals surface area contributed by atoms with E-state index in [2.05, 4.69) is 10.5 Å². The summed E-state index contributed by atoms with van der Waals surface area (Å²) in [7, 11) is 3.05. The molecule has 0 saturated carbocycles. The van der Waals surface area contributed by atoms with Gasteiger partial charge in [0.15, 0.2) is 0 Å². The first-order valence-corrected chi connectivity index (χ1v) is 7.50. The summed E-state index contributed by atoms with van der Waals surface area (Å²) in [6.45, 7) is 0.696. The summed E-state index contributed by atoms with van der Waals surface area (Å²) in [6, 6.07) is 5.93. The minimum absolute atomic E-state index is 0.0856. The van der Waals surface area contributed by atoms with Gasteiger partial charge < -0.3 is 19.8 Å². The maximum Gasteiger partial charge on any atom is 0.267 e. The lowest BCUT2D eigenvalue weighted by Crippen LogP contribution is -2.43. The molecule has 1 atom stereocenters. The summed E-state index contributed by atoms with van der Waals surface area (Å²) >= 11 is 0. The van der Waals surface area contributed by atoms with E-state index in [9.17, 15) is 14.0 Å². The van der Waals surface area contributed by atoms with Crippen molar-refractivity contribution in [1.29, 1.82) is 0 Å². The number of ether oxygens (including phenoxy) is 1. The van der Waals surface area contributed by atoms with Crippen LogP contribution in [0.5, 0.6) is 0 Å². The van der Waals surface area contributed by atoms with Crippen LogP contribution in [0.4, 0.5) is 4.39 Å². The van der Waals surface area contributed by atoms with Crippen LogP contribution in [-0.2, 0) is 19.2 Å². The number of carbonyl (C=O) groups is 2. The van der Waals surface area contributed by atoms with Gasteiger partial charge in [-0.1, -0.05) is 17.3 Å². The molecule has 1 aliphatic rings. The summed E-state index contributed by atoms with van der Waals surface area (Å²) in [5, 5.41) is 6.49. The molecular weight excluding hydrogens is 317 g/mol. The van der Waals surface area contributed by atoms with E-state index in [1.807, 2.05) is 0 Å². The summed E-state index contributed by atoms with van der Waals surface area (Å²) in [5.41, 5.74) is 1.08. The Kier molecular flexibility index (Phi) is 6.25. The van der Waals surface area contributed by atoms with E-state index in [0.29, 0.717) is 24.4 Å². The summed E-state index contributed by atoms with van der Waals surface area (Å²) in [6.07, 6.45) is -0.571. The molecule has 1 aliphatic heterocycles. The molecule has 1 aromatic rings. The summed E-state index contributed by atoms with van der Waals surface area (Å²) in [5.74, 6) is -1.02. The predicted octanol–water partition coefficient (Wildman–Crippen LogP) is 0.540. The van der Waals surface area contributed by atoms with Crippen LogP contribution >= 0.6 is 0 Å². The minimum atomic E-state index is -0.806. The molecule has 0 saturated heterocycles. The molecule has 1 aromatic carbocycles. The molecule has 0 aromatic heterocycles. The summed E-state index contributed by atoms with van der Waals surface area (Å²) < 4.78 is 18.1. The lowest BCUT2D eigenvalue weighted by Gasteiger charge is -2.19. The first-order chi connectivity index (χ1) is 11.5. The number of rotatable bonds is 7. The van der Waals surface area contributed by atoms with Crippen LogP contribution in [-0.4, -0.2) is 62.4 Å². The van der Waals surface area contributed by atoms with Crippen molar-refractivity contribution >= 4 is 17.5 Å². The van der Waals surface area contributed by atoms with Crippen molar-refractivity contribution in [2.45, 2.75) is 12.5 Å². The molecule has 0 radical (unpaired) electrons. The number of likely N-dealkylation sites (N-methyl/N-ethyl adjacent to an activating group) is 1. The average molecular weight is 337 g/mol. The van der Waals surface area contributed by atoms with E-state index in [1.165, 1.54) is 31.2 Å². The zero-order valence-electron chi connectivity index (χ0n) is 13.6. The number of methoxy groups -OCH3 is 1. The Bertz CT molecular complexity index is 636. The van der Waals surface area contributed by atoms with E-state index in [-0.39, 0.29) is 30.6 Å². The van der Waals surface area contributed by atoms with E-state index in [0.717, 1.165) is 0 Å². The van der Waals surface area contributed by atoms with Gasteiger partial charge in [0.2, 0.25) is 12.0 Å². The number of halogens is 1. The average Bonchev–Trinajstić information content (AvgIpc) is 3.04. The first-order valence-electron chi connectivity index (χ1n) is 7.50.